The summed E-state index contributed by atoms with van der Waals surface area (Å²) >= 11 is 0. The van der Waals surface area contributed by atoms with Gasteiger partial charge in [0, 0.05) is 38.3 Å². The molecule has 5 nitrogen and oxygen atoms in total. The monoisotopic (exact) mass is 368 g/mol. The van der Waals surface area contributed by atoms with E-state index in [-0.39, 0.29) is 12.0 Å². The number of benzene rings is 2. The van der Waals surface area contributed by atoms with E-state index in [1.54, 1.807) is 7.11 Å². The van der Waals surface area contributed by atoms with Crippen LogP contribution < -0.4 is 9.47 Å². The third-order valence-electron chi connectivity index (χ3n) is 4.73. The van der Waals surface area contributed by atoms with Crippen LogP contribution in [0.5, 0.6) is 11.5 Å². The van der Waals surface area contributed by atoms with Crippen molar-refractivity contribution in [3.63, 3.8) is 0 Å². The number of carbonyl (C=O) groups excluding carboxylic acids is 1. The van der Waals surface area contributed by atoms with Crippen molar-refractivity contribution in [2.45, 2.75) is 26.5 Å². The van der Waals surface area contributed by atoms with E-state index in [0.29, 0.717) is 24.4 Å². The topological polar surface area (TPSA) is 42.0 Å². The van der Waals surface area contributed by atoms with Gasteiger partial charge >= 0.3 is 0 Å². The predicted octanol–water partition coefficient (Wildman–Crippen LogP) is 3.44. The number of rotatable bonds is 6. The number of carbonyl (C=O) groups is 1. The Balaban J connectivity index is 1.60. The lowest BCUT2D eigenvalue weighted by Gasteiger charge is -2.35. The molecule has 5 heteroatoms. The molecule has 1 heterocycles. The standard InChI is InChI=1S/C22H28N2O3/c1-17(2)27-20-10-6-4-8-18(20)16-23-12-14-24(15-13-23)22(25)19-9-5-7-11-21(19)26-3/h4-11,17H,12-16H2,1-3H3. The molecular weight excluding hydrogens is 340 g/mol. The minimum atomic E-state index is 0.0376. The molecule has 0 atom stereocenters. The molecule has 0 saturated carbocycles. The zero-order valence-corrected chi connectivity index (χ0v) is 16.4. The highest BCUT2D eigenvalue weighted by atomic mass is 16.5. The van der Waals surface area contributed by atoms with E-state index in [9.17, 15) is 4.79 Å². The highest BCUT2D eigenvalue weighted by Gasteiger charge is 2.24. The Kier molecular flexibility index (Phi) is 6.35. The first kappa shape index (κ1) is 19.2. The van der Waals surface area contributed by atoms with E-state index in [1.165, 1.54) is 5.56 Å². The molecule has 0 radical (unpaired) electrons. The molecule has 2 aromatic rings. The molecule has 1 aliphatic heterocycles. The van der Waals surface area contributed by atoms with Crippen molar-refractivity contribution in [2.75, 3.05) is 33.3 Å². The molecule has 0 aliphatic carbocycles. The van der Waals surface area contributed by atoms with Gasteiger partial charge in [0.25, 0.3) is 5.91 Å². The number of amides is 1. The molecule has 0 bridgehead atoms. The Labute approximate surface area is 161 Å². The summed E-state index contributed by atoms with van der Waals surface area (Å²) in [5.74, 6) is 1.61. The number of ether oxygens (including phenoxy) is 2. The molecule has 1 amide bonds. The van der Waals surface area contributed by atoms with Gasteiger partial charge in [-0.3, -0.25) is 9.69 Å². The molecule has 1 saturated heterocycles. The maximum atomic E-state index is 12.8. The second-order valence-electron chi connectivity index (χ2n) is 7.04. The molecule has 0 N–H and O–H groups in total. The Bertz CT molecular complexity index is 768. The first-order valence-electron chi connectivity index (χ1n) is 9.47. The maximum absolute atomic E-state index is 12.8. The fourth-order valence-electron chi connectivity index (χ4n) is 3.35. The van der Waals surface area contributed by atoms with Crippen LogP contribution in [-0.4, -0.2) is 55.1 Å². The quantitative estimate of drug-likeness (QED) is 0.783. The van der Waals surface area contributed by atoms with E-state index in [4.69, 9.17) is 9.47 Å². The van der Waals surface area contributed by atoms with Crippen LogP contribution in [0, 0.1) is 0 Å². The molecule has 144 valence electrons. The number of hydrogen-bond donors (Lipinski definition) is 0. The molecule has 27 heavy (non-hydrogen) atoms. The highest BCUT2D eigenvalue weighted by molar-refractivity contribution is 5.97. The average Bonchev–Trinajstić information content (AvgIpc) is 2.69. The second-order valence-corrected chi connectivity index (χ2v) is 7.04. The lowest BCUT2D eigenvalue weighted by molar-refractivity contribution is 0.0623. The summed E-state index contributed by atoms with van der Waals surface area (Å²) in [5, 5.41) is 0. The summed E-state index contributed by atoms with van der Waals surface area (Å²) in [5.41, 5.74) is 1.82. The fraction of sp³-hybridized carbons (Fsp3) is 0.409. The van der Waals surface area contributed by atoms with Crippen molar-refractivity contribution in [2.24, 2.45) is 0 Å². The molecule has 3 rings (SSSR count). The summed E-state index contributed by atoms with van der Waals surface area (Å²) in [7, 11) is 1.60. The second kappa shape index (κ2) is 8.91. The van der Waals surface area contributed by atoms with Crippen LogP contribution in [0.3, 0.4) is 0 Å². The van der Waals surface area contributed by atoms with E-state index < -0.39 is 0 Å². The Morgan fingerprint density at radius 1 is 0.963 bits per heavy atom. The first-order valence-corrected chi connectivity index (χ1v) is 9.47. The number of methoxy groups -OCH3 is 1. The summed E-state index contributed by atoms with van der Waals surface area (Å²) < 4.78 is 11.3. The van der Waals surface area contributed by atoms with Gasteiger partial charge in [0.2, 0.25) is 0 Å². The summed E-state index contributed by atoms with van der Waals surface area (Å²) in [4.78, 5) is 17.1. The Morgan fingerprint density at radius 2 is 1.59 bits per heavy atom. The summed E-state index contributed by atoms with van der Waals surface area (Å²) in [6, 6.07) is 15.6. The molecule has 0 aromatic heterocycles. The predicted molar refractivity (Wildman–Crippen MR) is 106 cm³/mol. The van der Waals surface area contributed by atoms with E-state index in [1.807, 2.05) is 61.2 Å². The number of para-hydroxylation sites is 2. The van der Waals surface area contributed by atoms with E-state index in [0.717, 1.165) is 25.4 Å². The van der Waals surface area contributed by atoms with E-state index >= 15 is 0 Å². The largest absolute Gasteiger partial charge is 0.496 e. The van der Waals surface area contributed by atoms with Crippen molar-refractivity contribution < 1.29 is 14.3 Å². The first-order chi connectivity index (χ1) is 13.1. The van der Waals surface area contributed by atoms with Gasteiger partial charge in [-0.2, -0.15) is 0 Å². The molecule has 2 aromatic carbocycles. The van der Waals surface area contributed by atoms with Gasteiger partial charge in [0.05, 0.1) is 18.8 Å². The molecule has 0 unspecified atom stereocenters. The molecular formula is C22H28N2O3. The van der Waals surface area contributed by atoms with Crippen LogP contribution in [0.2, 0.25) is 0 Å². The third kappa shape index (κ3) is 4.80. The van der Waals surface area contributed by atoms with Crippen LogP contribution in [0.25, 0.3) is 0 Å². The van der Waals surface area contributed by atoms with Crippen molar-refractivity contribution >= 4 is 5.91 Å². The van der Waals surface area contributed by atoms with Crippen LogP contribution in [0.4, 0.5) is 0 Å². The maximum Gasteiger partial charge on any atom is 0.257 e. The average molecular weight is 368 g/mol. The van der Waals surface area contributed by atoms with Gasteiger partial charge in [0.1, 0.15) is 11.5 Å². The van der Waals surface area contributed by atoms with E-state index in [2.05, 4.69) is 11.0 Å². The lowest BCUT2D eigenvalue weighted by Crippen LogP contribution is -2.48. The van der Waals surface area contributed by atoms with Gasteiger partial charge in [0.15, 0.2) is 0 Å². The van der Waals surface area contributed by atoms with Crippen LogP contribution in [0.15, 0.2) is 48.5 Å². The van der Waals surface area contributed by atoms with Gasteiger partial charge in [-0.25, -0.2) is 0 Å². The third-order valence-corrected chi connectivity index (χ3v) is 4.73. The van der Waals surface area contributed by atoms with Crippen molar-refractivity contribution in [3.05, 3.63) is 59.7 Å². The minimum absolute atomic E-state index is 0.0376. The normalized spacial score (nSPS) is 15.0. The summed E-state index contributed by atoms with van der Waals surface area (Å²) in [6.07, 6.45) is 0.154. The Hall–Kier alpha value is -2.53. The number of piperazine rings is 1. The molecule has 0 spiro atoms. The zero-order chi connectivity index (χ0) is 19.2. The molecule has 1 aliphatic rings. The molecule has 1 fully saturated rings. The van der Waals surface area contributed by atoms with Gasteiger partial charge in [-0.1, -0.05) is 30.3 Å². The highest BCUT2D eigenvalue weighted by Crippen LogP contribution is 2.23. The van der Waals surface area contributed by atoms with Gasteiger partial charge < -0.3 is 14.4 Å². The van der Waals surface area contributed by atoms with Gasteiger partial charge in [-0.05, 0) is 32.0 Å². The van der Waals surface area contributed by atoms with Crippen molar-refractivity contribution in [1.29, 1.82) is 0 Å². The SMILES string of the molecule is COc1ccccc1C(=O)N1CCN(Cc2ccccc2OC(C)C)CC1. The number of nitrogens with zero attached hydrogens (tertiary/aromatic N) is 2. The zero-order valence-electron chi connectivity index (χ0n) is 16.4. The van der Waals surface area contributed by atoms with Gasteiger partial charge in [-0.15, -0.1) is 0 Å². The minimum Gasteiger partial charge on any atom is -0.496 e. The van der Waals surface area contributed by atoms with Crippen LogP contribution in [-0.2, 0) is 6.54 Å². The van der Waals surface area contributed by atoms with Crippen LogP contribution >= 0.6 is 0 Å². The Morgan fingerprint density at radius 3 is 2.26 bits per heavy atom. The summed E-state index contributed by atoms with van der Waals surface area (Å²) in [6.45, 7) is 8.03. The lowest BCUT2D eigenvalue weighted by atomic mass is 10.1. The number of hydrogen-bond acceptors (Lipinski definition) is 4. The van der Waals surface area contributed by atoms with Crippen molar-refractivity contribution in [3.8, 4) is 11.5 Å². The fourth-order valence-corrected chi connectivity index (χ4v) is 3.35. The van der Waals surface area contributed by atoms with Crippen LogP contribution in [0.1, 0.15) is 29.8 Å². The van der Waals surface area contributed by atoms with Crippen molar-refractivity contribution in [1.82, 2.24) is 9.80 Å². The smallest absolute Gasteiger partial charge is 0.257 e.